The minimum absolute atomic E-state index is 0.173. The number of carbonyl (C=O) groups is 1. The summed E-state index contributed by atoms with van der Waals surface area (Å²) in [6.45, 7) is -0.173. The number of rotatable bonds is 4. The first-order chi connectivity index (χ1) is 9.61. The quantitative estimate of drug-likeness (QED) is 0.882. The van der Waals surface area contributed by atoms with E-state index in [9.17, 15) is 9.90 Å². The summed E-state index contributed by atoms with van der Waals surface area (Å²) in [5.41, 5.74) is 1.29. The molecule has 0 aromatic heterocycles. The zero-order valence-electron chi connectivity index (χ0n) is 10.5. The first-order valence-corrected chi connectivity index (χ1v) is 7.20. The maximum absolute atomic E-state index is 12.2. The van der Waals surface area contributed by atoms with Crippen LogP contribution in [0.5, 0.6) is 0 Å². The number of nitrogens with one attached hydrogen (secondary N) is 1. The second kappa shape index (κ2) is 6.88. The number of amides is 1. The summed E-state index contributed by atoms with van der Waals surface area (Å²) in [4.78, 5) is 12.2. The molecule has 0 aliphatic carbocycles. The lowest BCUT2D eigenvalue weighted by atomic mass is 10.1. The molecule has 2 N–H and O–H groups in total. The highest BCUT2D eigenvalue weighted by Crippen LogP contribution is 2.22. The molecule has 1 unspecified atom stereocenters. The van der Waals surface area contributed by atoms with E-state index in [0.29, 0.717) is 15.1 Å². The van der Waals surface area contributed by atoms with Crippen LogP contribution in [-0.4, -0.2) is 17.6 Å². The maximum Gasteiger partial charge on any atom is 0.253 e. The summed E-state index contributed by atoms with van der Waals surface area (Å²) in [7, 11) is 0. The van der Waals surface area contributed by atoms with Crippen LogP contribution in [0.2, 0.25) is 5.02 Å². The van der Waals surface area contributed by atoms with Gasteiger partial charge in [-0.2, -0.15) is 0 Å². The molecule has 2 aromatic rings. The second-order valence-electron chi connectivity index (χ2n) is 4.24. The first-order valence-electron chi connectivity index (χ1n) is 6.03. The highest BCUT2D eigenvalue weighted by Gasteiger charge is 2.16. The average Bonchev–Trinajstić information content (AvgIpc) is 2.48. The van der Waals surface area contributed by atoms with Crippen LogP contribution >= 0.6 is 27.5 Å². The Balaban J connectivity index is 2.20. The zero-order chi connectivity index (χ0) is 14.5. The van der Waals surface area contributed by atoms with E-state index in [1.54, 1.807) is 18.2 Å². The van der Waals surface area contributed by atoms with E-state index >= 15 is 0 Å². The maximum atomic E-state index is 12.2. The molecule has 0 aliphatic heterocycles. The van der Waals surface area contributed by atoms with Crippen LogP contribution in [0.15, 0.2) is 53.0 Å². The van der Waals surface area contributed by atoms with Gasteiger partial charge in [-0.1, -0.05) is 41.9 Å². The Bertz CT molecular complexity index is 604. The Kier molecular flexibility index (Phi) is 5.17. The fourth-order valence-corrected chi connectivity index (χ4v) is 2.43. The fourth-order valence-electron chi connectivity index (χ4n) is 1.83. The SMILES string of the molecule is O=C(NC(CO)c1ccccc1)c1cc(Cl)ccc1Br. The van der Waals surface area contributed by atoms with Crippen LogP contribution in [0.3, 0.4) is 0 Å². The Morgan fingerprint density at radius 1 is 1.25 bits per heavy atom. The van der Waals surface area contributed by atoms with Crippen molar-refractivity contribution in [1.82, 2.24) is 5.32 Å². The van der Waals surface area contributed by atoms with Gasteiger partial charge < -0.3 is 10.4 Å². The van der Waals surface area contributed by atoms with Crippen molar-refractivity contribution in [2.75, 3.05) is 6.61 Å². The molecule has 0 fully saturated rings. The van der Waals surface area contributed by atoms with Gasteiger partial charge in [0.15, 0.2) is 0 Å². The van der Waals surface area contributed by atoms with Gasteiger partial charge in [-0.05, 0) is 39.7 Å². The number of carbonyl (C=O) groups excluding carboxylic acids is 1. The fraction of sp³-hybridized carbons (Fsp3) is 0.133. The first kappa shape index (κ1) is 15.0. The van der Waals surface area contributed by atoms with E-state index in [1.807, 2.05) is 30.3 Å². The van der Waals surface area contributed by atoms with Gasteiger partial charge in [0.2, 0.25) is 0 Å². The molecule has 20 heavy (non-hydrogen) atoms. The summed E-state index contributed by atoms with van der Waals surface area (Å²) in [5.74, 6) is -0.290. The topological polar surface area (TPSA) is 49.3 Å². The van der Waals surface area contributed by atoms with Crippen LogP contribution in [-0.2, 0) is 0 Å². The molecule has 0 spiro atoms. The predicted molar refractivity (Wildman–Crippen MR) is 82.9 cm³/mol. The van der Waals surface area contributed by atoms with Crippen LogP contribution < -0.4 is 5.32 Å². The minimum atomic E-state index is -0.449. The highest BCUT2D eigenvalue weighted by molar-refractivity contribution is 9.10. The second-order valence-corrected chi connectivity index (χ2v) is 5.53. The zero-order valence-corrected chi connectivity index (χ0v) is 12.9. The molecule has 0 radical (unpaired) electrons. The minimum Gasteiger partial charge on any atom is -0.394 e. The summed E-state index contributed by atoms with van der Waals surface area (Å²) in [5, 5.41) is 12.7. The van der Waals surface area contributed by atoms with Gasteiger partial charge in [-0.15, -0.1) is 0 Å². The number of aliphatic hydroxyl groups excluding tert-OH is 1. The van der Waals surface area contributed by atoms with E-state index in [0.717, 1.165) is 5.56 Å². The summed E-state index contributed by atoms with van der Waals surface area (Å²) in [6, 6.07) is 13.9. The Morgan fingerprint density at radius 3 is 2.60 bits per heavy atom. The van der Waals surface area contributed by atoms with Crippen LogP contribution in [0.4, 0.5) is 0 Å². The summed E-state index contributed by atoms with van der Waals surface area (Å²) < 4.78 is 0.657. The third-order valence-electron chi connectivity index (χ3n) is 2.86. The number of aliphatic hydroxyl groups is 1. The molecule has 1 amide bonds. The largest absolute Gasteiger partial charge is 0.394 e. The van der Waals surface area contributed by atoms with Gasteiger partial charge in [-0.3, -0.25) is 4.79 Å². The van der Waals surface area contributed by atoms with Gasteiger partial charge in [0, 0.05) is 9.50 Å². The average molecular weight is 355 g/mol. The van der Waals surface area contributed by atoms with E-state index in [-0.39, 0.29) is 12.5 Å². The molecule has 0 heterocycles. The van der Waals surface area contributed by atoms with Crippen molar-refractivity contribution < 1.29 is 9.90 Å². The molecule has 2 rings (SSSR count). The van der Waals surface area contributed by atoms with Crippen molar-refractivity contribution in [3.8, 4) is 0 Å². The number of halogens is 2. The lowest BCUT2D eigenvalue weighted by molar-refractivity contribution is 0.0915. The van der Waals surface area contributed by atoms with Crippen LogP contribution in [0, 0.1) is 0 Å². The molecule has 104 valence electrons. The molecular formula is C15H13BrClNO2. The number of benzene rings is 2. The van der Waals surface area contributed by atoms with Gasteiger partial charge >= 0.3 is 0 Å². The van der Waals surface area contributed by atoms with E-state index in [1.165, 1.54) is 0 Å². The molecule has 0 bridgehead atoms. The molecule has 0 saturated carbocycles. The van der Waals surface area contributed by atoms with Crippen molar-refractivity contribution in [3.05, 3.63) is 69.2 Å². The molecule has 0 saturated heterocycles. The summed E-state index contributed by atoms with van der Waals surface area (Å²) >= 11 is 9.22. The highest BCUT2D eigenvalue weighted by atomic mass is 79.9. The molecule has 1 atom stereocenters. The monoisotopic (exact) mass is 353 g/mol. The van der Waals surface area contributed by atoms with Gasteiger partial charge in [0.25, 0.3) is 5.91 Å². The molecular weight excluding hydrogens is 342 g/mol. The van der Waals surface area contributed by atoms with Crippen molar-refractivity contribution in [1.29, 1.82) is 0 Å². The number of hydrogen-bond acceptors (Lipinski definition) is 2. The van der Waals surface area contributed by atoms with Crippen LogP contribution in [0.1, 0.15) is 22.0 Å². The van der Waals surface area contributed by atoms with Gasteiger partial charge in [-0.25, -0.2) is 0 Å². The van der Waals surface area contributed by atoms with Crippen molar-refractivity contribution in [2.45, 2.75) is 6.04 Å². The summed E-state index contributed by atoms with van der Waals surface area (Å²) in [6.07, 6.45) is 0. The van der Waals surface area contributed by atoms with Crippen molar-refractivity contribution in [2.24, 2.45) is 0 Å². The Labute approximate surface area is 130 Å². The third-order valence-corrected chi connectivity index (χ3v) is 3.79. The Morgan fingerprint density at radius 2 is 1.95 bits per heavy atom. The lowest BCUT2D eigenvalue weighted by Gasteiger charge is -2.17. The molecule has 2 aromatic carbocycles. The molecule has 5 heteroatoms. The smallest absolute Gasteiger partial charge is 0.253 e. The molecule has 0 aliphatic rings. The standard InChI is InChI=1S/C15H13BrClNO2/c16-13-7-6-11(17)8-12(13)15(20)18-14(9-19)10-4-2-1-3-5-10/h1-8,14,19H,9H2,(H,18,20). The third kappa shape index (κ3) is 3.60. The Hall–Kier alpha value is -1.36. The van der Waals surface area contributed by atoms with Gasteiger partial charge in [0.1, 0.15) is 0 Å². The van der Waals surface area contributed by atoms with E-state index in [2.05, 4.69) is 21.2 Å². The van der Waals surface area contributed by atoms with Crippen molar-refractivity contribution in [3.63, 3.8) is 0 Å². The lowest BCUT2D eigenvalue weighted by Crippen LogP contribution is -2.31. The van der Waals surface area contributed by atoms with Crippen molar-refractivity contribution >= 4 is 33.4 Å². The van der Waals surface area contributed by atoms with E-state index < -0.39 is 6.04 Å². The van der Waals surface area contributed by atoms with Gasteiger partial charge in [0.05, 0.1) is 18.2 Å². The molecule has 3 nitrogen and oxygen atoms in total. The number of hydrogen-bond donors (Lipinski definition) is 2. The van der Waals surface area contributed by atoms with Crippen LogP contribution in [0.25, 0.3) is 0 Å². The normalized spacial score (nSPS) is 11.9. The predicted octanol–water partition coefficient (Wildman–Crippen LogP) is 3.57. The van der Waals surface area contributed by atoms with E-state index in [4.69, 9.17) is 11.6 Å².